The van der Waals surface area contributed by atoms with Crippen molar-refractivity contribution in [3.63, 3.8) is 0 Å². The quantitative estimate of drug-likeness (QED) is 0.514. The molecule has 1 unspecified atom stereocenters. The van der Waals surface area contributed by atoms with Crippen LogP contribution in [0.25, 0.3) is 0 Å². The summed E-state index contributed by atoms with van der Waals surface area (Å²) in [6, 6.07) is 0.342. The molecule has 1 heterocycles. The molecule has 0 bridgehead atoms. The first-order valence-corrected chi connectivity index (χ1v) is 6.96. The lowest BCUT2D eigenvalue weighted by Gasteiger charge is -2.32. The van der Waals surface area contributed by atoms with Gasteiger partial charge in [0.1, 0.15) is 0 Å². The van der Waals surface area contributed by atoms with Gasteiger partial charge in [0.05, 0.1) is 18.1 Å². The molecule has 0 aromatic carbocycles. The van der Waals surface area contributed by atoms with Crippen molar-refractivity contribution in [2.45, 2.75) is 13.0 Å². The zero-order valence-electron chi connectivity index (χ0n) is 9.07. The van der Waals surface area contributed by atoms with Gasteiger partial charge in [-0.1, -0.05) is 5.92 Å². The van der Waals surface area contributed by atoms with Gasteiger partial charge >= 0.3 is 0 Å². The first kappa shape index (κ1) is 12.5. The van der Waals surface area contributed by atoms with Crippen molar-refractivity contribution in [3.05, 3.63) is 0 Å². The first-order valence-electron chi connectivity index (χ1n) is 5.14. The Morgan fingerprint density at radius 2 is 2.07 bits per heavy atom. The maximum absolute atomic E-state index is 11.2. The van der Waals surface area contributed by atoms with Gasteiger partial charge in [0.25, 0.3) is 0 Å². The average molecular weight is 230 g/mol. The van der Waals surface area contributed by atoms with Gasteiger partial charge < -0.3 is 5.32 Å². The molecule has 0 aromatic rings. The van der Waals surface area contributed by atoms with Gasteiger partial charge in [-0.05, 0) is 6.92 Å². The molecule has 0 spiro atoms. The third-order valence-corrected chi connectivity index (χ3v) is 4.28. The summed E-state index contributed by atoms with van der Waals surface area (Å²) in [6.07, 6.45) is 5.12. The fourth-order valence-corrected chi connectivity index (χ4v) is 2.88. The SMILES string of the molecule is C#CCNCC(C)N1CCS(=O)(=O)CC1. The summed E-state index contributed by atoms with van der Waals surface area (Å²) in [7, 11) is -2.77. The van der Waals surface area contributed by atoms with Gasteiger partial charge in [0.2, 0.25) is 0 Å². The lowest BCUT2D eigenvalue weighted by Crippen LogP contribution is -2.48. The van der Waals surface area contributed by atoms with E-state index in [4.69, 9.17) is 6.42 Å². The highest BCUT2D eigenvalue weighted by Gasteiger charge is 2.24. The summed E-state index contributed by atoms with van der Waals surface area (Å²) in [5.74, 6) is 3.08. The van der Waals surface area contributed by atoms with Crippen LogP contribution in [0.1, 0.15) is 6.92 Å². The molecule has 1 fully saturated rings. The fourth-order valence-electron chi connectivity index (χ4n) is 1.65. The maximum Gasteiger partial charge on any atom is 0.152 e. The molecule has 1 rings (SSSR count). The minimum absolute atomic E-state index is 0.284. The van der Waals surface area contributed by atoms with E-state index in [0.717, 1.165) is 6.54 Å². The second-order valence-corrected chi connectivity index (χ2v) is 6.18. The van der Waals surface area contributed by atoms with Crippen molar-refractivity contribution >= 4 is 9.84 Å². The molecule has 1 saturated heterocycles. The molecule has 1 aliphatic rings. The summed E-state index contributed by atoms with van der Waals surface area (Å²) >= 11 is 0. The molecule has 0 radical (unpaired) electrons. The maximum atomic E-state index is 11.2. The number of hydrogen-bond donors (Lipinski definition) is 1. The molecule has 0 aliphatic carbocycles. The predicted octanol–water partition coefficient (Wildman–Crippen LogP) is -0.672. The molecule has 1 atom stereocenters. The van der Waals surface area contributed by atoms with E-state index in [1.807, 2.05) is 0 Å². The monoisotopic (exact) mass is 230 g/mol. The Morgan fingerprint density at radius 3 is 2.60 bits per heavy atom. The highest BCUT2D eigenvalue weighted by Crippen LogP contribution is 2.07. The van der Waals surface area contributed by atoms with Crippen LogP contribution in [-0.2, 0) is 9.84 Å². The predicted molar refractivity (Wildman–Crippen MR) is 61.4 cm³/mol. The van der Waals surface area contributed by atoms with E-state index in [2.05, 4.69) is 23.1 Å². The Hall–Kier alpha value is -0.570. The lowest BCUT2D eigenvalue weighted by atomic mass is 10.2. The van der Waals surface area contributed by atoms with Crippen LogP contribution in [0, 0.1) is 12.3 Å². The van der Waals surface area contributed by atoms with Crippen molar-refractivity contribution in [2.24, 2.45) is 0 Å². The summed E-state index contributed by atoms with van der Waals surface area (Å²) in [5.41, 5.74) is 0. The van der Waals surface area contributed by atoms with Crippen LogP contribution in [0.3, 0.4) is 0 Å². The molecule has 15 heavy (non-hydrogen) atoms. The second kappa shape index (κ2) is 5.50. The number of nitrogens with zero attached hydrogens (tertiary/aromatic N) is 1. The van der Waals surface area contributed by atoms with Gasteiger partial charge in [-0.3, -0.25) is 4.90 Å². The van der Waals surface area contributed by atoms with Gasteiger partial charge in [-0.25, -0.2) is 8.42 Å². The molecule has 1 aliphatic heterocycles. The summed E-state index contributed by atoms with van der Waals surface area (Å²) in [4.78, 5) is 2.19. The second-order valence-electron chi connectivity index (χ2n) is 3.87. The Morgan fingerprint density at radius 1 is 1.47 bits per heavy atom. The van der Waals surface area contributed by atoms with Crippen LogP contribution in [0.15, 0.2) is 0 Å². The smallest absolute Gasteiger partial charge is 0.152 e. The summed E-state index contributed by atoms with van der Waals surface area (Å²) < 4.78 is 22.4. The molecule has 4 nitrogen and oxygen atoms in total. The van der Waals surface area contributed by atoms with E-state index < -0.39 is 9.84 Å². The van der Waals surface area contributed by atoms with Gasteiger partial charge in [-0.2, -0.15) is 0 Å². The highest BCUT2D eigenvalue weighted by atomic mass is 32.2. The first-order chi connectivity index (χ1) is 7.05. The average Bonchev–Trinajstić information content (AvgIpc) is 2.18. The van der Waals surface area contributed by atoms with Crippen LogP contribution in [0.4, 0.5) is 0 Å². The van der Waals surface area contributed by atoms with Gasteiger partial charge in [0, 0.05) is 25.7 Å². The Bertz CT molecular complexity index is 318. The van der Waals surface area contributed by atoms with Crippen molar-refractivity contribution in [3.8, 4) is 12.3 Å². The minimum Gasteiger partial charge on any atom is -0.305 e. The molecular weight excluding hydrogens is 212 g/mol. The number of sulfone groups is 1. The Balaban J connectivity index is 2.30. The standard InChI is InChI=1S/C10H18N2O2S/c1-3-4-11-9-10(2)12-5-7-15(13,14)8-6-12/h1,10-11H,4-9H2,2H3. The molecule has 0 saturated carbocycles. The van der Waals surface area contributed by atoms with Gasteiger partial charge in [0.15, 0.2) is 9.84 Å². The molecule has 0 amide bonds. The van der Waals surface area contributed by atoms with Crippen molar-refractivity contribution in [2.75, 3.05) is 37.7 Å². The van der Waals surface area contributed by atoms with E-state index in [1.165, 1.54) is 0 Å². The van der Waals surface area contributed by atoms with Crippen LogP contribution in [0.5, 0.6) is 0 Å². The topological polar surface area (TPSA) is 49.4 Å². The highest BCUT2D eigenvalue weighted by molar-refractivity contribution is 7.91. The number of nitrogens with one attached hydrogen (secondary N) is 1. The largest absolute Gasteiger partial charge is 0.305 e. The zero-order valence-corrected chi connectivity index (χ0v) is 9.89. The van der Waals surface area contributed by atoms with Crippen molar-refractivity contribution in [1.82, 2.24) is 10.2 Å². The molecule has 86 valence electrons. The van der Waals surface area contributed by atoms with Crippen molar-refractivity contribution in [1.29, 1.82) is 0 Å². The number of rotatable bonds is 4. The molecular formula is C10H18N2O2S. The normalized spacial score (nSPS) is 23.2. The zero-order chi connectivity index (χ0) is 11.3. The van der Waals surface area contributed by atoms with Crippen LogP contribution < -0.4 is 5.32 Å². The minimum atomic E-state index is -2.77. The fraction of sp³-hybridized carbons (Fsp3) is 0.800. The Labute approximate surface area is 92.0 Å². The van der Waals surface area contributed by atoms with Gasteiger partial charge in [-0.15, -0.1) is 6.42 Å². The van der Waals surface area contributed by atoms with Crippen LogP contribution in [-0.4, -0.2) is 57.0 Å². The third-order valence-electron chi connectivity index (χ3n) is 2.67. The van der Waals surface area contributed by atoms with E-state index in [-0.39, 0.29) is 11.5 Å². The number of terminal acetylenes is 1. The summed E-state index contributed by atoms with van der Waals surface area (Å²) in [6.45, 7) is 4.74. The third kappa shape index (κ3) is 4.20. The van der Waals surface area contributed by atoms with Crippen LogP contribution >= 0.6 is 0 Å². The van der Waals surface area contributed by atoms with E-state index in [9.17, 15) is 8.42 Å². The van der Waals surface area contributed by atoms with E-state index >= 15 is 0 Å². The lowest BCUT2D eigenvalue weighted by molar-refractivity contribution is 0.222. The van der Waals surface area contributed by atoms with Crippen molar-refractivity contribution < 1.29 is 8.42 Å². The molecule has 0 aromatic heterocycles. The molecule has 5 heteroatoms. The Kier molecular flexibility index (Phi) is 4.58. The molecule has 1 N–H and O–H groups in total. The summed E-state index contributed by atoms with van der Waals surface area (Å²) in [5, 5.41) is 3.13. The van der Waals surface area contributed by atoms with E-state index in [1.54, 1.807) is 0 Å². The van der Waals surface area contributed by atoms with Crippen LogP contribution in [0.2, 0.25) is 0 Å². The van der Waals surface area contributed by atoms with E-state index in [0.29, 0.717) is 25.7 Å². The number of hydrogen-bond acceptors (Lipinski definition) is 4.